The van der Waals surface area contributed by atoms with E-state index in [0.717, 1.165) is 0 Å². The van der Waals surface area contributed by atoms with Gasteiger partial charge in [-0.25, -0.2) is 25.3 Å². The molecule has 1 rings (SSSR count). The van der Waals surface area contributed by atoms with Gasteiger partial charge in [-0.3, -0.25) is 0 Å². The van der Waals surface area contributed by atoms with Crippen molar-refractivity contribution in [2.24, 2.45) is 0 Å². The molecule has 0 unspecified atom stereocenters. The third-order valence-electron chi connectivity index (χ3n) is 1.27. The highest BCUT2D eigenvalue weighted by Gasteiger charge is 2.26. The lowest BCUT2D eigenvalue weighted by molar-refractivity contribution is 0.590. The zero-order chi connectivity index (χ0) is 12.6. The van der Waals surface area contributed by atoms with Crippen molar-refractivity contribution in [3.8, 4) is 0 Å². The Morgan fingerprint density at radius 1 is 1.12 bits per heavy atom. The molecule has 0 aliphatic carbocycles. The normalized spacial score (nSPS) is 12.8. The summed E-state index contributed by atoms with van der Waals surface area (Å²) in [7, 11) is -12.3. The molecule has 0 aromatic carbocycles. The fraction of sp³-hybridized carbons (Fsp3) is 0. The predicted molar refractivity (Wildman–Crippen MR) is 54.8 cm³/mol. The number of sulfone groups is 1. The molecule has 0 bridgehead atoms. The van der Waals surface area contributed by atoms with Crippen LogP contribution in [0.5, 0.6) is 0 Å². The van der Waals surface area contributed by atoms with Crippen LogP contribution in [0.3, 0.4) is 0 Å². The first-order valence-electron chi connectivity index (χ1n) is 3.32. The molecule has 1 heterocycles. The molecule has 0 spiro atoms. The number of nitrogens with zero attached hydrogens (tertiary/aromatic N) is 2. The topological polar surface area (TPSA) is 128 Å². The van der Waals surface area contributed by atoms with Crippen LogP contribution in [0.25, 0.3) is 0 Å². The predicted octanol–water partition coefficient (Wildman–Crippen LogP) is -1.24. The quantitative estimate of drug-likeness (QED) is 0.540. The van der Waals surface area contributed by atoms with Crippen LogP contribution in [0.4, 0.5) is 0 Å². The summed E-state index contributed by atoms with van der Waals surface area (Å²) in [6.45, 7) is 3.00. The zero-order valence-electron chi connectivity index (χ0n) is 7.30. The molecule has 8 nitrogen and oxygen atoms in total. The smallest absolute Gasteiger partial charge is 0.217 e. The second kappa shape index (κ2) is 4.20. The summed E-state index contributed by atoms with van der Waals surface area (Å²) in [6, 6.07) is 0. The molecule has 12 heteroatoms. The van der Waals surface area contributed by atoms with E-state index in [1.165, 1.54) is 0 Å². The Hall–Kier alpha value is -0.850. The fourth-order valence-corrected chi connectivity index (χ4v) is 4.53. The summed E-state index contributed by atoms with van der Waals surface area (Å²) in [5.74, 6) is 0. The number of rotatable bonds is 4. The average molecular weight is 304 g/mol. The van der Waals surface area contributed by atoms with Crippen molar-refractivity contribution in [3.05, 3.63) is 12.0 Å². The van der Waals surface area contributed by atoms with E-state index in [-0.39, 0.29) is 11.3 Å². The molecular formula is C4H4N2O6S4. The molecule has 0 radical (unpaired) electrons. The zero-order valence-corrected chi connectivity index (χ0v) is 10.6. The van der Waals surface area contributed by atoms with Crippen LogP contribution in [0.15, 0.2) is 20.7 Å². The number of hydrogen-bond acceptors (Lipinski definition) is 9. The third-order valence-corrected chi connectivity index (χ3v) is 7.63. The van der Waals surface area contributed by atoms with Crippen molar-refractivity contribution < 1.29 is 25.3 Å². The summed E-state index contributed by atoms with van der Waals surface area (Å²) in [6.07, 6.45) is 0. The summed E-state index contributed by atoms with van der Waals surface area (Å²) >= 11 is 0.146. The minimum atomic E-state index is -4.62. The lowest BCUT2D eigenvalue weighted by Crippen LogP contribution is -2.01. The SMILES string of the molecule is C=CS(=O)(=O)c1nnc(S(=O)(=O)[SH](=O)=O)s1. The van der Waals surface area contributed by atoms with Crippen LogP contribution in [0.1, 0.15) is 0 Å². The summed E-state index contributed by atoms with van der Waals surface area (Å²) in [5, 5.41) is 6.62. The Morgan fingerprint density at radius 3 is 2.06 bits per heavy atom. The van der Waals surface area contributed by atoms with E-state index in [1.807, 2.05) is 0 Å². The third kappa shape index (κ3) is 2.28. The molecule has 0 fully saturated rings. The largest absolute Gasteiger partial charge is 0.308 e. The van der Waals surface area contributed by atoms with Crippen LogP contribution < -0.4 is 0 Å². The van der Waals surface area contributed by atoms with Crippen molar-refractivity contribution in [3.63, 3.8) is 0 Å². The van der Waals surface area contributed by atoms with Gasteiger partial charge < -0.3 is 0 Å². The van der Waals surface area contributed by atoms with Gasteiger partial charge >= 0.3 is 8.87 Å². The number of aromatic nitrogens is 2. The van der Waals surface area contributed by atoms with E-state index < -0.39 is 37.1 Å². The molecule has 0 aliphatic heterocycles. The van der Waals surface area contributed by atoms with E-state index in [1.54, 1.807) is 0 Å². The Balaban J connectivity index is 3.42. The molecule has 0 N–H and O–H groups in total. The molecule has 90 valence electrons. The van der Waals surface area contributed by atoms with Gasteiger partial charge in [0.25, 0.3) is 9.74 Å². The van der Waals surface area contributed by atoms with Crippen LogP contribution in [0.2, 0.25) is 0 Å². The first-order valence-corrected chi connectivity index (χ1v) is 8.95. The molecule has 0 saturated heterocycles. The van der Waals surface area contributed by atoms with Gasteiger partial charge in [-0.1, -0.05) is 17.9 Å². The highest BCUT2D eigenvalue weighted by atomic mass is 33.2. The highest BCUT2D eigenvalue weighted by Crippen LogP contribution is 2.22. The maximum Gasteiger partial charge on any atom is 0.308 e. The first kappa shape index (κ1) is 13.2. The van der Waals surface area contributed by atoms with Crippen molar-refractivity contribution in [1.29, 1.82) is 0 Å². The highest BCUT2D eigenvalue weighted by molar-refractivity contribution is 8.59. The van der Waals surface area contributed by atoms with Gasteiger partial charge in [0.1, 0.15) is 0 Å². The van der Waals surface area contributed by atoms with Crippen LogP contribution in [-0.4, -0.2) is 35.5 Å². The summed E-state index contributed by atoms with van der Waals surface area (Å²) in [5.41, 5.74) is 0. The van der Waals surface area contributed by atoms with E-state index in [4.69, 9.17) is 0 Å². The van der Waals surface area contributed by atoms with E-state index >= 15 is 0 Å². The maximum absolute atomic E-state index is 11.2. The van der Waals surface area contributed by atoms with Crippen LogP contribution in [0, 0.1) is 0 Å². The van der Waals surface area contributed by atoms with Gasteiger partial charge in [-0.2, -0.15) is 0 Å². The average Bonchev–Trinajstić information content (AvgIpc) is 2.67. The molecule has 0 amide bonds. The Kier molecular flexibility index (Phi) is 3.47. The van der Waals surface area contributed by atoms with E-state index in [2.05, 4.69) is 16.8 Å². The molecule has 1 aromatic rings. The van der Waals surface area contributed by atoms with Crippen molar-refractivity contribution in [2.75, 3.05) is 0 Å². The van der Waals surface area contributed by atoms with Crippen LogP contribution >= 0.6 is 11.3 Å². The molecule has 0 atom stereocenters. The molecule has 0 saturated carbocycles. The molecule has 16 heavy (non-hydrogen) atoms. The summed E-state index contributed by atoms with van der Waals surface area (Å²) < 4.78 is 63.6. The number of hydrogen-bond donors (Lipinski definition) is 1. The second-order valence-corrected chi connectivity index (χ2v) is 9.67. The van der Waals surface area contributed by atoms with Crippen molar-refractivity contribution >= 4 is 39.8 Å². The Morgan fingerprint density at radius 2 is 1.62 bits per heavy atom. The van der Waals surface area contributed by atoms with E-state index in [0.29, 0.717) is 5.41 Å². The van der Waals surface area contributed by atoms with Gasteiger partial charge in [0.05, 0.1) is 0 Å². The van der Waals surface area contributed by atoms with Gasteiger partial charge in [0.2, 0.25) is 18.5 Å². The standard InChI is InChI=1S/C4H4N2O6S4/c1-2-15(9,10)3-5-6-4(13-3)16(11,12)14(7)8/h2,14H,1H2. The minimum Gasteiger partial charge on any atom is -0.217 e. The van der Waals surface area contributed by atoms with Gasteiger partial charge in [0, 0.05) is 5.41 Å². The van der Waals surface area contributed by atoms with Gasteiger partial charge in [0.15, 0.2) is 0 Å². The first-order chi connectivity index (χ1) is 7.21. The lowest BCUT2D eigenvalue weighted by atomic mass is 11.3. The van der Waals surface area contributed by atoms with Crippen molar-refractivity contribution in [2.45, 2.75) is 8.68 Å². The Bertz CT molecular complexity index is 685. The van der Waals surface area contributed by atoms with Gasteiger partial charge in [-0.15, -0.1) is 10.2 Å². The molecule has 0 aliphatic rings. The van der Waals surface area contributed by atoms with E-state index in [9.17, 15) is 25.3 Å². The Labute approximate surface area is 95.8 Å². The van der Waals surface area contributed by atoms with Crippen molar-refractivity contribution in [1.82, 2.24) is 10.2 Å². The van der Waals surface area contributed by atoms with Gasteiger partial charge in [-0.05, 0) is 0 Å². The maximum atomic E-state index is 11.2. The molecular weight excluding hydrogens is 300 g/mol. The number of thiol groups is 1. The fourth-order valence-electron chi connectivity index (χ4n) is 0.551. The molecule has 1 aromatic heterocycles. The minimum absolute atomic E-state index is 0.146. The summed E-state index contributed by atoms with van der Waals surface area (Å²) in [4.78, 5) is 0. The second-order valence-electron chi connectivity index (χ2n) is 2.24. The lowest BCUT2D eigenvalue weighted by Gasteiger charge is -1.87. The van der Waals surface area contributed by atoms with Crippen LogP contribution in [-0.2, 0) is 28.4 Å². The monoisotopic (exact) mass is 304 g/mol.